The van der Waals surface area contributed by atoms with E-state index in [1.807, 2.05) is 0 Å². The van der Waals surface area contributed by atoms with Gasteiger partial charge in [0.05, 0.1) is 12.1 Å². The van der Waals surface area contributed by atoms with Crippen LogP contribution in [0.2, 0.25) is 0 Å². The first-order chi connectivity index (χ1) is 9.79. The molecule has 0 unspecified atom stereocenters. The first-order valence-corrected chi connectivity index (χ1v) is 7.86. The van der Waals surface area contributed by atoms with Crippen LogP contribution >= 0.6 is 23.1 Å². The fourth-order valence-corrected chi connectivity index (χ4v) is 3.39. The lowest BCUT2D eigenvalue weighted by Crippen LogP contribution is -2.29. The normalized spacial score (nSPS) is 10.9. The van der Waals surface area contributed by atoms with Gasteiger partial charge in [0, 0.05) is 24.9 Å². The monoisotopic (exact) mass is 338 g/mol. The summed E-state index contributed by atoms with van der Waals surface area (Å²) >= 11 is 1.46. The number of likely N-dealkylation sites (N-methyl/N-ethyl adjacent to an activating group) is 1. The standard InChI is InChI=1S/C12H16F2N2O3S2/c1-7-8(20-12(15-7)21-11(13)14)6-9(17)16(2)5-3-4-10(18)19/h11H,3-6H2,1-2H3,(H,18,19). The van der Waals surface area contributed by atoms with Gasteiger partial charge in [0.2, 0.25) is 5.91 Å². The van der Waals surface area contributed by atoms with Crippen LogP contribution in [0.15, 0.2) is 4.34 Å². The zero-order valence-electron chi connectivity index (χ0n) is 11.6. The van der Waals surface area contributed by atoms with Gasteiger partial charge < -0.3 is 10.0 Å². The molecular formula is C12H16F2N2O3S2. The van der Waals surface area contributed by atoms with Crippen LogP contribution in [0.3, 0.4) is 0 Å². The van der Waals surface area contributed by atoms with Crippen molar-refractivity contribution in [3.63, 3.8) is 0 Å². The van der Waals surface area contributed by atoms with Crippen LogP contribution in [0.4, 0.5) is 8.78 Å². The molecule has 0 fully saturated rings. The van der Waals surface area contributed by atoms with Gasteiger partial charge in [0.25, 0.3) is 5.76 Å². The van der Waals surface area contributed by atoms with Crippen molar-refractivity contribution < 1.29 is 23.5 Å². The highest BCUT2D eigenvalue weighted by molar-refractivity contribution is 8.01. The third-order valence-electron chi connectivity index (χ3n) is 2.68. The van der Waals surface area contributed by atoms with E-state index in [9.17, 15) is 18.4 Å². The van der Waals surface area contributed by atoms with Gasteiger partial charge >= 0.3 is 5.97 Å². The fraction of sp³-hybridized carbons (Fsp3) is 0.583. The number of carboxylic acids is 1. The number of aromatic nitrogens is 1. The Morgan fingerprint density at radius 1 is 1.48 bits per heavy atom. The smallest absolute Gasteiger partial charge is 0.303 e. The number of nitrogens with zero attached hydrogens (tertiary/aromatic N) is 2. The zero-order valence-corrected chi connectivity index (χ0v) is 13.3. The Balaban J connectivity index is 2.53. The third kappa shape index (κ3) is 6.38. The highest BCUT2D eigenvalue weighted by Gasteiger charge is 2.17. The summed E-state index contributed by atoms with van der Waals surface area (Å²) in [7, 11) is 1.59. The Labute approximate surface area is 129 Å². The minimum absolute atomic E-state index is 0.00633. The number of aryl methyl sites for hydroxylation is 1. The molecule has 0 aliphatic rings. The summed E-state index contributed by atoms with van der Waals surface area (Å²) in [4.78, 5) is 28.5. The summed E-state index contributed by atoms with van der Waals surface area (Å²) in [6.07, 6.45) is 0.481. The molecule has 0 saturated heterocycles. The van der Waals surface area contributed by atoms with E-state index >= 15 is 0 Å². The van der Waals surface area contributed by atoms with Crippen LogP contribution in [0.5, 0.6) is 0 Å². The molecule has 9 heteroatoms. The number of amides is 1. The van der Waals surface area contributed by atoms with Crippen LogP contribution in [-0.4, -0.2) is 46.2 Å². The van der Waals surface area contributed by atoms with E-state index < -0.39 is 11.7 Å². The quantitative estimate of drug-likeness (QED) is 0.738. The van der Waals surface area contributed by atoms with Gasteiger partial charge in [-0.3, -0.25) is 9.59 Å². The highest BCUT2D eigenvalue weighted by Crippen LogP contribution is 2.31. The van der Waals surface area contributed by atoms with Crippen LogP contribution < -0.4 is 0 Å². The highest BCUT2D eigenvalue weighted by atomic mass is 32.2. The molecule has 0 bridgehead atoms. The molecule has 118 valence electrons. The van der Waals surface area contributed by atoms with Crippen LogP contribution in [-0.2, 0) is 16.0 Å². The van der Waals surface area contributed by atoms with Crippen molar-refractivity contribution in [3.05, 3.63) is 10.6 Å². The predicted molar refractivity (Wildman–Crippen MR) is 76.9 cm³/mol. The number of hydrogen-bond donors (Lipinski definition) is 1. The van der Waals surface area contributed by atoms with Gasteiger partial charge in [-0.25, -0.2) is 4.98 Å². The summed E-state index contributed by atoms with van der Waals surface area (Å²) in [6, 6.07) is 0. The van der Waals surface area contributed by atoms with Crippen molar-refractivity contribution in [2.24, 2.45) is 0 Å². The van der Waals surface area contributed by atoms with Gasteiger partial charge in [-0.05, 0) is 25.1 Å². The van der Waals surface area contributed by atoms with E-state index in [1.165, 1.54) is 4.90 Å². The molecule has 1 aromatic heterocycles. The number of carbonyl (C=O) groups excluding carboxylic acids is 1. The molecule has 0 aromatic carbocycles. The number of aliphatic carboxylic acids is 1. The molecule has 0 aliphatic heterocycles. The molecule has 0 spiro atoms. The Hall–Kier alpha value is -1.22. The maximum absolute atomic E-state index is 12.3. The second-order valence-electron chi connectivity index (χ2n) is 4.36. The van der Waals surface area contributed by atoms with Crippen LogP contribution in [0.25, 0.3) is 0 Å². The molecule has 21 heavy (non-hydrogen) atoms. The minimum atomic E-state index is -2.53. The number of carbonyl (C=O) groups is 2. The third-order valence-corrected chi connectivity index (χ3v) is 4.65. The van der Waals surface area contributed by atoms with Gasteiger partial charge in [-0.1, -0.05) is 0 Å². The first kappa shape index (κ1) is 17.8. The molecule has 1 heterocycles. The van der Waals surface area contributed by atoms with E-state index in [2.05, 4.69) is 4.98 Å². The summed E-state index contributed by atoms with van der Waals surface area (Å²) in [5.74, 6) is -3.61. The SMILES string of the molecule is Cc1nc(SC(F)F)sc1CC(=O)N(C)CCCC(=O)O. The van der Waals surface area contributed by atoms with Gasteiger partial charge in [-0.2, -0.15) is 8.78 Å². The Morgan fingerprint density at radius 2 is 2.14 bits per heavy atom. The van der Waals surface area contributed by atoms with E-state index in [-0.39, 0.29) is 23.1 Å². The maximum Gasteiger partial charge on any atom is 0.303 e. The van der Waals surface area contributed by atoms with E-state index in [0.29, 0.717) is 35.3 Å². The summed E-state index contributed by atoms with van der Waals surface area (Å²) in [6.45, 7) is 2.03. The van der Waals surface area contributed by atoms with Gasteiger partial charge in [-0.15, -0.1) is 11.3 Å². The number of thiazole rings is 1. The molecule has 1 rings (SSSR count). The maximum atomic E-state index is 12.3. The molecule has 1 N–H and O–H groups in total. The summed E-state index contributed by atoms with van der Waals surface area (Å²) in [5.41, 5.74) is 0.579. The molecule has 0 saturated carbocycles. The number of thioether (sulfide) groups is 1. The van der Waals surface area contributed by atoms with Crippen molar-refractivity contribution in [2.45, 2.75) is 36.3 Å². The van der Waals surface area contributed by atoms with Gasteiger partial charge in [0.1, 0.15) is 0 Å². The van der Waals surface area contributed by atoms with Crippen molar-refractivity contribution in [2.75, 3.05) is 13.6 Å². The topological polar surface area (TPSA) is 70.5 Å². The van der Waals surface area contributed by atoms with Crippen molar-refractivity contribution >= 4 is 35.0 Å². The zero-order chi connectivity index (χ0) is 16.0. The van der Waals surface area contributed by atoms with Crippen LogP contribution in [0.1, 0.15) is 23.4 Å². The number of rotatable bonds is 8. The summed E-state index contributed by atoms with van der Waals surface area (Å²) in [5, 5.41) is 8.54. The Morgan fingerprint density at radius 3 is 2.71 bits per heavy atom. The van der Waals surface area contributed by atoms with Crippen LogP contribution in [0, 0.1) is 6.92 Å². The lowest BCUT2D eigenvalue weighted by Gasteiger charge is -2.16. The Bertz CT molecular complexity index is 509. The second-order valence-corrected chi connectivity index (χ2v) is 6.68. The molecule has 0 aliphatic carbocycles. The van der Waals surface area contributed by atoms with Crippen molar-refractivity contribution in [1.82, 2.24) is 9.88 Å². The molecule has 5 nitrogen and oxygen atoms in total. The molecule has 1 aromatic rings. The van der Waals surface area contributed by atoms with Crippen molar-refractivity contribution in [3.8, 4) is 0 Å². The Kier molecular flexibility index (Phi) is 7.03. The van der Waals surface area contributed by atoms with E-state index in [4.69, 9.17) is 5.11 Å². The van der Waals surface area contributed by atoms with Gasteiger partial charge in [0.15, 0.2) is 4.34 Å². The first-order valence-electron chi connectivity index (χ1n) is 6.16. The van der Waals surface area contributed by atoms with Crippen molar-refractivity contribution in [1.29, 1.82) is 0 Å². The molecule has 0 radical (unpaired) electrons. The predicted octanol–water partition coefficient (Wildman–Crippen LogP) is 2.63. The lowest BCUT2D eigenvalue weighted by atomic mass is 10.2. The molecule has 1 amide bonds. The molecule has 0 atom stereocenters. The minimum Gasteiger partial charge on any atom is -0.481 e. The largest absolute Gasteiger partial charge is 0.481 e. The van der Waals surface area contributed by atoms with E-state index in [1.54, 1.807) is 14.0 Å². The number of halogens is 2. The summed E-state index contributed by atoms with van der Waals surface area (Å²) < 4.78 is 24.8. The second kappa shape index (κ2) is 8.28. The van der Waals surface area contributed by atoms with E-state index in [0.717, 1.165) is 11.3 Å². The number of alkyl halides is 2. The average molecular weight is 338 g/mol. The molecular weight excluding hydrogens is 322 g/mol. The average Bonchev–Trinajstić information content (AvgIpc) is 2.67. The lowest BCUT2D eigenvalue weighted by molar-refractivity contribution is -0.137. The number of carboxylic acid groups (broad SMARTS) is 1. The fourth-order valence-electron chi connectivity index (χ4n) is 1.56. The number of hydrogen-bond acceptors (Lipinski definition) is 5.